The number of hydrogen-bond donors (Lipinski definition) is 3. The lowest BCUT2D eigenvalue weighted by Gasteiger charge is -2.15. The highest BCUT2D eigenvalue weighted by molar-refractivity contribution is 8.00. The van der Waals surface area contributed by atoms with Crippen LogP contribution in [0.2, 0.25) is 0 Å². The van der Waals surface area contributed by atoms with Gasteiger partial charge in [0.05, 0.1) is 38.9 Å². The van der Waals surface area contributed by atoms with Crippen molar-refractivity contribution < 1.29 is 33.3 Å². The van der Waals surface area contributed by atoms with Crippen LogP contribution in [0.5, 0.6) is 23.0 Å². The number of hydrogen-bond acceptors (Lipinski definition) is 8. The number of methoxy groups -OCH3 is 3. The summed E-state index contributed by atoms with van der Waals surface area (Å²) < 4.78 is 21.9. The Labute approximate surface area is 278 Å². The smallest absolute Gasteiger partial charge is 0.272 e. The van der Waals surface area contributed by atoms with Crippen molar-refractivity contribution in [3.63, 3.8) is 0 Å². The second-order valence-corrected chi connectivity index (χ2v) is 11.4. The summed E-state index contributed by atoms with van der Waals surface area (Å²) >= 11 is 1.37. The van der Waals surface area contributed by atoms with Crippen LogP contribution in [0.3, 0.4) is 0 Å². The molecule has 10 nitrogen and oxygen atoms in total. The van der Waals surface area contributed by atoms with E-state index in [9.17, 15) is 14.4 Å². The maximum absolute atomic E-state index is 13.6. The largest absolute Gasteiger partial charge is 0.493 e. The van der Waals surface area contributed by atoms with Gasteiger partial charge in [0.25, 0.3) is 11.8 Å². The van der Waals surface area contributed by atoms with Crippen LogP contribution in [-0.2, 0) is 9.59 Å². The summed E-state index contributed by atoms with van der Waals surface area (Å²) in [4.78, 5) is 40.4. The highest BCUT2D eigenvalue weighted by atomic mass is 32.2. The fourth-order valence-corrected chi connectivity index (χ4v) is 5.32. The molecule has 0 heterocycles. The van der Waals surface area contributed by atoms with Crippen LogP contribution in [0.1, 0.15) is 29.8 Å². The summed E-state index contributed by atoms with van der Waals surface area (Å²) in [6.45, 7) is 4.19. The minimum absolute atomic E-state index is 0.01000. The van der Waals surface area contributed by atoms with Crippen molar-refractivity contribution in [1.29, 1.82) is 0 Å². The summed E-state index contributed by atoms with van der Waals surface area (Å²) in [6, 6.07) is 26.3. The molecule has 0 bridgehead atoms. The van der Waals surface area contributed by atoms with Gasteiger partial charge in [-0.3, -0.25) is 14.4 Å². The lowest BCUT2D eigenvalue weighted by molar-refractivity contribution is -0.115. The molecule has 0 saturated carbocycles. The van der Waals surface area contributed by atoms with Crippen LogP contribution in [0.25, 0.3) is 6.08 Å². The minimum Gasteiger partial charge on any atom is -0.493 e. The number of anilines is 2. The second kappa shape index (κ2) is 16.8. The van der Waals surface area contributed by atoms with E-state index in [1.165, 1.54) is 39.2 Å². The fraction of sp³-hybridized carbons (Fsp3) is 0.194. The van der Waals surface area contributed by atoms with E-state index in [0.29, 0.717) is 52.1 Å². The topological polar surface area (TPSA) is 124 Å². The van der Waals surface area contributed by atoms with E-state index in [2.05, 4.69) is 16.0 Å². The van der Waals surface area contributed by atoms with Crippen molar-refractivity contribution in [3.8, 4) is 23.0 Å². The molecule has 4 aromatic carbocycles. The zero-order valence-corrected chi connectivity index (χ0v) is 27.6. The SMILES string of the molecule is CCOc1ccccc1NC(=O)C(C)Sc1ccc(NC(=O)/C(=C/c2cc(OC)c(OC)c(OC)c2)NC(=O)c2ccccc2)cc1. The summed E-state index contributed by atoms with van der Waals surface area (Å²) in [5, 5.41) is 8.09. The van der Waals surface area contributed by atoms with Crippen LogP contribution in [0, 0.1) is 0 Å². The zero-order chi connectivity index (χ0) is 33.8. The Hall–Kier alpha value is -5.42. The molecule has 3 amide bonds. The van der Waals surface area contributed by atoms with Crippen molar-refractivity contribution in [2.75, 3.05) is 38.6 Å². The van der Waals surface area contributed by atoms with Crippen molar-refractivity contribution in [3.05, 3.63) is 108 Å². The molecule has 4 rings (SSSR count). The molecular formula is C36H37N3O7S. The molecule has 1 atom stereocenters. The molecule has 0 spiro atoms. The molecule has 0 aromatic heterocycles. The van der Waals surface area contributed by atoms with E-state index < -0.39 is 17.1 Å². The van der Waals surface area contributed by atoms with Crippen molar-refractivity contribution in [1.82, 2.24) is 5.32 Å². The third-order valence-electron chi connectivity index (χ3n) is 6.77. The number of ether oxygens (including phenoxy) is 4. The third kappa shape index (κ3) is 9.30. The van der Waals surface area contributed by atoms with Gasteiger partial charge in [-0.15, -0.1) is 11.8 Å². The van der Waals surface area contributed by atoms with Crippen LogP contribution in [0.4, 0.5) is 11.4 Å². The van der Waals surface area contributed by atoms with Crippen LogP contribution in [-0.4, -0.2) is 50.9 Å². The highest BCUT2D eigenvalue weighted by Gasteiger charge is 2.19. The molecule has 0 aliphatic heterocycles. The molecule has 0 radical (unpaired) electrons. The predicted molar refractivity (Wildman–Crippen MR) is 185 cm³/mol. The maximum Gasteiger partial charge on any atom is 0.272 e. The number of carbonyl (C=O) groups is 3. The van der Waals surface area contributed by atoms with E-state index in [1.807, 2.05) is 44.2 Å². The Kier molecular flexibility index (Phi) is 12.3. The second-order valence-electron chi connectivity index (χ2n) is 9.99. The number of thioether (sulfide) groups is 1. The Bertz CT molecular complexity index is 1700. The van der Waals surface area contributed by atoms with Gasteiger partial charge in [-0.1, -0.05) is 30.3 Å². The van der Waals surface area contributed by atoms with Crippen molar-refractivity contribution in [2.24, 2.45) is 0 Å². The van der Waals surface area contributed by atoms with Gasteiger partial charge < -0.3 is 34.9 Å². The van der Waals surface area contributed by atoms with Gasteiger partial charge in [-0.25, -0.2) is 0 Å². The molecule has 3 N–H and O–H groups in total. The fourth-order valence-electron chi connectivity index (χ4n) is 4.45. The average molecular weight is 656 g/mol. The molecule has 0 saturated heterocycles. The number of para-hydroxylation sites is 2. The Morgan fingerprint density at radius 3 is 2.04 bits per heavy atom. The summed E-state index contributed by atoms with van der Waals surface area (Å²) in [5.41, 5.74) is 2.01. The standard InChI is InChI=1S/C36H37N3O7S/c1-6-46-30-15-11-10-14-28(30)38-34(40)23(2)47-27-18-16-26(17-19-27)37-36(42)29(39-35(41)25-12-8-7-9-13-25)20-24-21-31(43-3)33(45-5)32(22-24)44-4/h7-23H,6H2,1-5H3,(H,37,42)(H,38,40)(H,39,41)/b29-20-. The van der Waals surface area contributed by atoms with E-state index in [0.717, 1.165) is 4.90 Å². The number of nitrogens with one attached hydrogen (secondary N) is 3. The maximum atomic E-state index is 13.6. The van der Waals surface area contributed by atoms with Crippen molar-refractivity contribution in [2.45, 2.75) is 24.0 Å². The van der Waals surface area contributed by atoms with Gasteiger partial charge in [0, 0.05) is 16.1 Å². The number of rotatable bonds is 14. The number of amides is 3. The van der Waals surface area contributed by atoms with Crippen LogP contribution in [0.15, 0.2) is 102 Å². The minimum atomic E-state index is -0.552. The summed E-state index contributed by atoms with van der Waals surface area (Å²) in [5.74, 6) is 0.607. The van der Waals surface area contributed by atoms with Gasteiger partial charge in [-0.05, 0) is 86.2 Å². The Morgan fingerprint density at radius 1 is 0.787 bits per heavy atom. The zero-order valence-electron chi connectivity index (χ0n) is 26.8. The van der Waals surface area contributed by atoms with E-state index >= 15 is 0 Å². The van der Waals surface area contributed by atoms with E-state index in [4.69, 9.17) is 18.9 Å². The first-order valence-electron chi connectivity index (χ1n) is 14.7. The molecule has 47 heavy (non-hydrogen) atoms. The Balaban J connectivity index is 1.51. The monoisotopic (exact) mass is 655 g/mol. The van der Waals surface area contributed by atoms with E-state index in [1.54, 1.807) is 60.7 Å². The number of carbonyl (C=O) groups excluding carboxylic acids is 3. The molecule has 0 aliphatic carbocycles. The Morgan fingerprint density at radius 2 is 1.43 bits per heavy atom. The first kappa shape index (κ1) is 34.5. The molecule has 0 aliphatic rings. The number of benzene rings is 4. The van der Waals surface area contributed by atoms with Crippen molar-refractivity contribution >= 4 is 46.9 Å². The predicted octanol–water partition coefficient (Wildman–Crippen LogP) is 6.64. The van der Waals surface area contributed by atoms with Gasteiger partial charge in [0.15, 0.2) is 11.5 Å². The third-order valence-corrected chi connectivity index (χ3v) is 7.88. The molecule has 1 unspecified atom stereocenters. The summed E-state index contributed by atoms with van der Waals surface area (Å²) in [6.07, 6.45) is 1.52. The lowest BCUT2D eigenvalue weighted by atomic mass is 10.1. The summed E-state index contributed by atoms with van der Waals surface area (Å²) in [7, 11) is 4.48. The molecule has 4 aromatic rings. The first-order chi connectivity index (χ1) is 22.8. The normalized spacial score (nSPS) is 11.6. The molecular weight excluding hydrogens is 618 g/mol. The van der Waals surface area contributed by atoms with Crippen LogP contribution < -0.4 is 34.9 Å². The molecule has 244 valence electrons. The quantitative estimate of drug-likeness (QED) is 0.102. The van der Waals surface area contributed by atoms with Gasteiger partial charge in [0.1, 0.15) is 11.4 Å². The van der Waals surface area contributed by atoms with E-state index in [-0.39, 0.29) is 11.6 Å². The van der Waals surface area contributed by atoms with Crippen LogP contribution >= 0.6 is 11.8 Å². The highest BCUT2D eigenvalue weighted by Crippen LogP contribution is 2.38. The van der Waals surface area contributed by atoms with Gasteiger partial charge in [-0.2, -0.15) is 0 Å². The average Bonchev–Trinajstić information content (AvgIpc) is 3.09. The molecule has 11 heteroatoms. The van der Waals surface area contributed by atoms with Gasteiger partial charge in [0.2, 0.25) is 11.7 Å². The molecule has 0 fully saturated rings. The first-order valence-corrected chi connectivity index (χ1v) is 15.6. The lowest BCUT2D eigenvalue weighted by Crippen LogP contribution is -2.30. The van der Waals surface area contributed by atoms with Gasteiger partial charge >= 0.3 is 0 Å².